The van der Waals surface area contributed by atoms with Crippen molar-refractivity contribution in [3.63, 3.8) is 0 Å². The van der Waals surface area contributed by atoms with Gasteiger partial charge in [-0.25, -0.2) is 0 Å². The molecule has 2 aromatic rings. The molecule has 0 atom stereocenters. The quantitative estimate of drug-likeness (QED) is 0.689. The molecule has 0 aliphatic heterocycles. The van der Waals surface area contributed by atoms with Crippen molar-refractivity contribution in [2.75, 3.05) is 6.61 Å². The van der Waals surface area contributed by atoms with Gasteiger partial charge in [-0.2, -0.15) is 0 Å². The summed E-state index contributed by atoms with van der Waals surface area (Å²) in [5, 5.41) is 0. The summed E-state index contributed by atoms with van der Waals surface area (Å²) in [6.07, 6.45) is 10.8. The molecule has 112 valence electrons. The van der Waals surface area contributed by atoms with E-state index < -0.39 is 0 Å². The zero-order chi connectivity index (χ0) is 15.2. The average Bonchev–Trinajstić information content (AvgIpc) is 3.08. The molecule has 1 nitrogen and oxygen atoms in total. The number of hydrogen-bond acceptors (Lipinski definition) is 1. The lowest BCUT2D eigenvalue weighted by Gasteiger charge is -2.10. The van der Waals surface area contributed by atoms with Crippen LogP contribution < -0.4 is 4.74 Å². The second kappa shape index (κ2) is 7.13. The van der Waals surface area contributed by atoms with Gasteiger partial charge < -0.3 is 4.74 Å². The van der Waals surface area contributed by atoms with Crippen LogP contribution in [0.25, 0.3) is 11.1 Å². The van der Waals surface area contributed by atoms with Crippen molar-refractivity contribution in [2.45, 2.75) is 19.8 Å². The summed E-state index contributed by atoms with van der Waals surface area (Å²) < 4.78 is 5.83. The van der Waals surface area contributed by atoms with Crippen LogP contribution >= 0.6 is 0 Å². The van der Waals surface area contributed by atoms with Crippen LogP contribution in [0.1, 0.15) is 18.9 Å². The monoisotopic (exact) mass is 290 g/mol. The van der Waals surface area contributed by atoms with Crippen LogP contribution in [0.5, 0.6) is 5.75 Å². The van der Waals surface area contributed by atoms with Gasteiger partial charge >= 0.3 is 0 Å². The highest BCUT2D eigenvalue weighted by Gasteiger charge is 2.05. The molecule has 1 heteroatoms. The average molecular weight is 290 g/mol. The summed E-state index contributed by atoms with van der Waals surface area (Å²) in [4.78, 5) is 0. The first kappa shape index (κ1) is 14.6. The standard InChI is InChI=1S/C21H22O/c1-2-5-17-8-10-19(11-9-17)20-12-14-21(15-13-20)22-16-18-6-3-4-7-18/h3-4,6-15,18H,2,5,16H2,1H3. The topological polar surface area (TPSA) is 9.23 Å². The fourth-order valence-corrected chi connectivity index (χ4v) is 2.68. The lowest BCUT2D eigenvalue weighted by Crippen LogP contribution is -2.05. The molecule has 0 N–H and O–H groups in total. The Bertz CT molecular complexity index is 635. The zero-order valence-corrected chi connectivity index (χ0v) is 13.0. The molecular weight excluding hydrogens is 268 g/mol. The van der Waals surface area contributed by atoms with E-state index in [1.807, 2.05) is 0 Å². The third-order valence-electron chi connectivity index (χ3n) is 3.95. The van der Waals surface area contributed by atoms with Gasteiger partial charge in [0.15, 0.2) is 0 Å². The van der Waals surface area contributed by atoms with Crippen molar-refractivity contribution in [2.24, 2.45) is 5.92 Å². The van der Waals surface area contributed by atoms with Gasteiger partial charge in [-0.3, -0.25) is 0 Å². The summed E-state index contributed by atoms with van der Waals surface area (Å²) >= 11 is 0. The summed E-state index contributed by atoms with van der Waals surface area (Å²) in [6.45, 7) is 2.92. The maximum Gasteiger partial charge on any atom is 0.119 e. The number of aryl methyl sites for hydroxylation is 1. The van der Waals surface area contributed by atoms with Gasteiger partial charge in [-0.05, 0) is 35.2 Å². The van der Waals surface area contributed by atoms with Crippen LogP contribution in [0.2, 0.25) is 0 Å². The van der Waals surface area contributed by atoms with Gasteiger partial charge in [0.1, 0.15) is 5.75 Å². The molecule has 0 radical (unpaired) electrons. The van der Waals surface area contributed by atoms with Gasteiger partial charge in [-0.1, -0.05) is 74.0 Å². The summed E-state index contributed by atoms with van der Waals surface area (Å²) in [5.74, 6) is 1.34. The van der Waals surface area contributed by atoms with Crippen molar-refractivity contribution in [3.05, 3.63) is 78.4 Å². The Hall–Kier alpha value is -2.28. The van der Waals surface area contributed by atoms with Crippen LogP contribution in [0, 0.1) is 5.92 Å². The number of ether oxygens (including phenoxy) is 1. The molecule has 0 aromatic heterocycles. The zero-order valence-electron chi connectivity index (χ0n) is 13.0. The first-order valence-corrected chi connectivity index (χ1v) is 8.02. The first-order valence-electron chi connectivity index (χ1n) is 8.02. The predicted molar refractivity (Wildman–Crippen MR) is 93.1 cm³/mol. The third kappa shape index (κ3) is 3.67. The molecule has 0 fully saturated rings. The van der Waals surface area contributed by atoms with Gasteiger partial charge in [0.25, 0.3) is 0 Å². The van der Waals surface area contributed by atoms with E-state index in [4.69, 9.17) is 4.74 Å². The van der Waals surface area contributed by atoms with E-state index in [-0.39, 0.29) is 0 Å². The lowest BCUT2D eigenvalue weighted by molar-refractivity contribution is 0.298. The van der Waals surface area contributed by atoms with Crippen molar-refractivity contribution in [1.29, 1.82) is 0 Å². The summed E-state index contributed by atoms with van der Waals surface area (Å²) in [7, 11) is 0. The van der Waals surface area contributed by atoms with E-state index in [1.165, 1.54) is 23.1 Å². The molecule has 22 heavy (non-hydrogen) atoms. The van der Waals surface area contributed by atoms with E-state index in [1.54, 1.807) is 0 Å². The molecule has 2 aromatic carbocycles. The normalized spacial score (nSPS) is 13.7. The summed E-state index contributed by atoms with van der Waals surface area (Å²) in [5.41, 5.74) is 3.90. The third-order valence-corrected chi connectivity index (χ3v) is 3.95. The maximum atomic E-state index is 5.83. The van der Waals surface area contributed by atoms with E-state index in [2.05, 4.69) is 79.8 Å². The van der Waals surface area contributed by atoms with Gasteiger partial charge in [-0.15, -0.1) is 0 Å². The molecular formula is C21H22O. The van der Waals surface area contributed by atoms with Crippen molar-refractivity contribution >= 4 is 0 Å². The Labute approximate surface area is 133 Å². The number of hydrogen-bond donors (Lipinski definition) is 0. The van der Waals surface area contributed by atoms with Crippen LogP contribution in [0.3, 0.4) is 0 Å². The van der Waals surface area contributed by atoms with E-state index >= 15 is 0 Å². The molecule has 0 saturated heterocycles. The molecule has 1 aliphatic rings. The molecule has 1 aliphatic carbocycles. The number of rotatable bonds is 6. The number of benzene rings is 2. The highest BCUT2D eigenvalue weighted by molar-refractivity contribution is 5.64. The van der Waals surface area contributed by atoms with E-state index in [0.717, 1.165) is 12.2 Å². The second-order valence-electron chi connectivity index (χ2n) is 5.72. The number of allylic oxidation sites excluding steroid dienone is 2. The highest BCUT2D eigenvalue weighted by Crippen LogP contribution is 2.23. The largest absolute Gasteiger partial charge is 0.493 e. The predicted octanol–water partition coefficient (Wildman–Crippen LogP) is 5.43. The van der Waals surface area contributed by atoms with Crippen molar-refractivity contribution < 1.29 is 4.74 Å². The van der Waals surface area contributed by atoms with Crippen LogP contribution in [0.15, 0.2) is 72.8 Å². The Morgan fingerprint density at radius 2 is 1.41 bits per heavy atom. The fraction of sp³-hybridized carbons (Fsp3) is 0.238. The Morgan fingerprint density at radius 1 is 0.818 bits per heavy atom. The summed E-state index contributed by atoms with van der Waals surface area (Å²) in [6, 6.07) is 17.2. The molecule has 0 saturated carbocycles. The highest BCUT2D eigenvalue weighted by atomic mass is 16.5. The van der Waals surface area contributed by atoms with Crippen LogP contribution in [-0.4, -0.2) is 6.61 Å². The lowest BCUT2D eigenvalue weighted by atomic mass is 10.0. The minimum atomic E-state index is 0.408. The minimum Gasteiger partial charge on any atom is -0.493 e. The molecule has 0 heterocycles. The molecule has 0 unspecified atom stereocenters. The maximum absolute atomic E-state index is 5.83. The van der Waals surface area contributed by atoms with E-state index in [0.29, 0.717) is 12.5 Å². The molecule has 0 amide bonds. The second-order valence-corrected chi connectivity index (χ2v) is 5.72. The minimum absolute atomic E-state index is 0.408. The first-order chi connectivity index (χ1) is 10.8. The fourth-order valence-electron chi connectivity index (χ4n) is 2.68. The van der Waals surface area contributed by atoms with Gasteiger partial charge in [0.2, 0.25) is 0 Å². The Morgan fingerprint density at radius 3 is 2.00 bits per heavy atom. The molecule has 3 rings (SSSR count). The molecule has 0 spiro atoms. The van der Waals surface area contributed by atoms with E-state index in [9.17, 15) is 0 Å². The van der Waals surface area contributed by atoms with Gasteiger partial charge in [0.05, 0.1) is 6.61 Å². The Kier molecular flexibility index (Phi) is 4.75. The van der Waals surface area contributed by atoms with Crippen LogP contribution in [0.4, 0.5) is 0 Å². The smallest absolute Gasteiger partial charge is 0.119 e. The van der Waals surface area contributed by atoms with Gasteiger partial charge in [0, 0.05) is 5.92 Å². The molecule has 0 bridgehead atoms. The van der Waals surface area contributed by atoms with Crippen molar-refractivity contribution in [1.82, 2.24) is 0 Å². The van der Waals surface area contributed by atoms with Crippen LogP contribution in [-0.2, 0) is 6.42 Å². The SMILES string of the molecule is CCCc1ccc(-c2ccc(OCC3C=CC=C3)cc2)cc1. The van der Waals surface area contributed by atoms with Crippen molar-refractivity contribution in [3.8, 4) is 16.9 Å². The Balaban J connectivity index is 1.62.